The highest BCUT2D eigenvalue weighted by atomic mass is 32.2. The molecule has 6 nitrogen and oxygen atoms in total. The lowest BCUT2D eigenvalue weighted by molar-refractivity contribution is 0.00939. The summed E-state index contributed by atoms with van der Waals surface area (Å²) in [6.07, 6.45) is 1.26. The average Bonchev–Trinajstić information content (AvgIpc) is 2.45. The summed E-state index contributed by atoms with van der Waals surface area (Å²) in [5.41, 5.74) is -0.973. The predicted molar refractivity (Wildman–Crippen MR) is 76.0 cm³/mol. The smallest absolute Gasteiger partial charge is 0.243 e. The van der Waals surface area contributed by atoms with Crippen LogP contribution in [0.3, 0.4) is 0 Å². The number of fused-ring (bicyclic) bond motifs is 1. The summed E-state index contributed by atoms with van der Waals surface area (Å²) in [5.74, 6) is 1.01. The zero-order valence-corrected chi connectivity index (χ0v) is 12.7. The number of piperidine rings is 1. The molecule has 2 aliphatic rings. The molecule has 0 bridgehead atoms. The van der Waals surface area contributed by atoms with E-state index in [2.05, 4.69) is 0 Å². The number of rotatable bonds is 2. The number of aliphatic hydroxyl groups is 1. The van der Waals surface area contributed by atoms with Gasteiger partial charge in [0.25, 0.3) is 0 Å². The van der Waals surface area contributed by atoms with Gasteiger partial charge in [-0.3, -0.25) is 0 Å². The monoisotopic (exact) mass is 313 g/mol. The van der Waals surface area contributed by atoms with Crippen molar-refractivity contribution in [3.05, 3.63) is 18.2 Å². The Bertz CT molecular complexity index is 641. The summed E-state index contributed by atoms with van der Waals surface area (Å²) in [6.45, 7) is 3.08. The fourth-order valence-corrected chi connectivity index (χ4v) is 4.32. The minimum Gasteiger partial charge on any atom is -0.486 e. The van der Waals surface area contributed by atoms with Crippen molar-refractivity contribution in [2.24, 2.45) is 0 Å². The van der Waals surface area contributed by atoms with Crippen LogP contribution in [0, 0.1) is 0 Å². The maximum absolute atomic E-state index is 12.7. The standard InChI is InChI=1S/C14H19NO5S/c1-14(16)5-2-6-15(10-14)21(17,18)11-3-4-12-13(9-11)20-8-7-19-12/h3-4,9,16H,2,5-8,10H2,1H3. The zero-order chi connectivity index (χ0) is 15.1. The van der Waals surface area contributed by atoms with Gasteiger partial charge in [-0.25, -0.2) is 8.42 Å². The van der Waals surface area contributed by atoms with Crippen molar-refractivity contribution in [1.29, 1.82) is 0 Å². The quantitative estimate of drug-likeness (QED) is 0.881. The first kappa shape index (κ1) is 14.6. The fourth-order valence-electron chi connectivity index (χ4n) is 2.71. The molecule has 0 aliphatic carbocycles. The van der Waals surface area contributed by atoms with Crippen molar-refractivity contribution in [3.63, 3.8) is 0 Å². The molecular weight excluding hydrogens is 294 g/mol. The Balaban J connectivity index is 1.91. The first-order valence-corrected chi connectivity index (χ1v) is 8.45. The molecule has 1 saturated heterocycles. The third kappa shape index (κ3) is 2.86. The predicted octanol–water partition coefficient (Wildman–Crippen LogP) is 0.993. The molecule has 2 aliphatic heterocycles. The van der Waals surface area contributed by atoms with E-state index in [4.69, 9.17) is 9.47 Å². The fraction of sp³-hybridized carbons (Fsp3) is 0.571. The highest BCUT2D eigenvalue weighted by Gasteiger charge is 2.36. The number of sulfonamides is 1. The Hall–Kier alpha value is -1.31. The number of hydrogen-bond donors (Lipinski definition) is 1. The van der Waals surface area contributed by atoms with Crippen LogP contribution in [0.2, 0.25) is 0 Å². The summed E-state index contributed by atoms with van der Waals surface area (Å²) in [4.78, 5) is 0.171. The molecule has 1 N–H and O–H groups in total. The molecule has 1 unspecified atom stereocenters. The lowest BCUT2D eigenvalue weighted by atomic mass is 9.97. The molecule has 1 fully saturated rings. The summed E-state index contributed by atoms with van der Waals surface area (Å²) in [5, 5.41) is 10.1. The molecule has 1 atom stereocenters. The normalized spacial score (nSPS) is 26.6. The van der Waals surface area contributed by atoms with Gasteiger partial charge in [-0.2, -0.15) is 4.31 Å². The largest absolute Gasteiger partial charge is 0.486 e. The van der Waals surface area contributed by atoms with Crippen LogP contribution in [0.15, 0.2) is 23.1 Å². The molecule has 1 aromatic rings. The number of nitrogens with zero attached hydrogens (tertiary/aromatic N) is 1. The Labute approximate surface area is 124 Å². The minimum atomic E-state index is -3.63. The molecule has 1 aromatic carbocycles. The van der Waals surface area contributed by atoms with E-state index in [9.17, 15) is 13.5 Å². The molecule has 21 heavy (non-hydrogen) atoms. The van der Waals surface area contributed by atoms with E-state index in [1.807, 2.05) is 0 Å². The molecule has 0 saturated carbocycles. The topological polar surface area (TPSA) is 76.1 Å². The Morgan fingerprint density at radius 3 is 2.67 bits per heavy atom. The van der Waals surface area contributed by atoms with Crippen LogP contribution in [-0.4, -0.2) is 49.7 Å². The molecule has 0 amide bonds. The molecule has 0 aromatic heterocycles. The zero-order valence-electron chi connectivity index (χ0n) is 11.9. The number of β-amino-alcohol motifs (C(OH)–C–C–N with tert-alkyl or cyclic N) is 1. The molecule has 0 spiro atoms. The number of benzene rings is 1. The average molecular weight is 313 g/mol. The summed E-state index contributed by atoms with van der Waals surface area (Å²) < 4.78 is 37.5. The Kier molecular flexibility index (Phi) is 3.59. The van der Waals surface area contributed by atoms with Crippen molar-refractivity contribution in [2.75, 3.05) is 26.3 Å². The van der Waals surface area contributed by atoms with Crippen LogP contribution in [0.5, 0.6) is 11.5 Å². The van der Waals surface area contributed by atoms with Crippen molar-refractivity contribution < 1.29 is 23.0 Å². The van der Waals surface area contributed by atoms with E-state index in [0.29, 0.717) is 44.1 Å². The second-order valence-corrected chi connectivity index (χ2v) is 7.68. The molecule has 0 radical (unpaired) electrons. The molecule has 116 valence electrons. The lowest BCUT2D eigenvalue weighted by Gasteiger charge is -2.36. The van der Waals surface area contributed by atoms with Gasteiger partial charge in [0.2, 0.25) is 10.0 Å². The maximum Gasteiger partial charge on any atom is 0.243 e. The number of hydrogen-bond acceptors (Lipinski definition) is 5. The van der Waals surface area contributed by atoms with Crippen molar-refractivity contribution in [3.8, 4) is 11.5 Å². The van der Waals surface area contributed by atoms with Gasteiger partial charge in [0.1, 0.15) is 13.2 Å². The molecule has 7 heteroatoms. The van der Waals surface area contributed by atoms with Gasteiger partial charge < -0.3 is 14.6 Å². The van der Waals surface area contributed by atoms with E-state index in [-0.39, 0.29) is 11.4 Å². The van der Waals surface area contributed by atoms with Crippen molar-refractivity contribution in [1.82, 2.24) is 4.31 Å². The Morgan fingerprint density at radius 2 is 1.95 bits per heavy atom. The van der Waals surface area contributed by atoms with Gasteiger partial charge in [-0.05, 0) is 31.9 Å². The van der Waals surface area contributed by atoms with E-state index in [1.54, 1.807) is 13.0 Å². The van der Waals surface area contributed by atoms with Crippen LogP contribution in [0.25, 0.3) is 0 Å². The highest BCUT2D eigenvalue weighted by molar-refractivity contribution is 7.89. The molecule has 2 heterocycles. The summed E-state index contributed by atoms with van der Waals surface area (Å²) in [6, 6.07) is 4.63. The van der Waals surface area contributed by atoms with Crippen molar-refractivity contribution in [2.45, 2.75) is 30.3 Å². The second kappa shape index (κ2) is 5.15. The van der Waals surface area contributed by atoms with Gasteiger partial charge >= 0.3 is 0 Å². The summed E-state index contributed by atoms with van der Waals surface area (Å²) >= 11 is 0. The van der Waals surface area contributed by atoms with Gasteiger partial charge in [0.15, 0.2) is 11.5 Å². The van der Waals surface area contributed by atoms with Crippen LogP contribution < -0.4 is 9.47 Å². The van der Waals surface area contributed by atoms with Crippen LogP contribution >= 0.6 is 0 Å². The molecule has 3 rings (SSSR count). The third-order valence-corrected chi connectivity index (χ3v) is 5.63. The Morgan fingerprint density at radius 1 is 1.24 bits per heavy atom. The van der Waals surface area contributed by atoms with Crippen LogP contribution in [0.1, 0.15) is 19.8 Å². The van der Waals surface area contributed by atoms with Gasteiger partial charge in [0.05, 0.1) is 10.5 Å². The maximum atomic E-state index is 12.7. The first-order chi connectivity index (χ1) is 9.88. The van der Waals surface area contributed by atoms with Gasteiger partial charge in [-0.1, -0.05) is 0 Å². The third-order valence-electron chi connectivity index (χ3n) is 3.79. The van der Waals surface area contributed by atoms with E-state index in [0.717, 1.165) is 0 Å². The van der Waals surface area contributed by atoms with E-state index >= 15 is 0 Å². The first-order valence-electron chi connectivity index (χ1n) is 7.01. The van der Waals surface area contributed by atoms with E-state index in [1.165, 1.54) is 16.4 Å². The molecular formula is C14H19NO5S. The number of ether oxygens (including phenoxy) is 2. The van der Waals surface area contributed by atoms with Crippen LogP contribution in [0.4, 0.5) is 0 Å². The lowest BCUT2D eigenvalue weighted by Crippen LogP contribution is -2.48. The highest BCUT2D eigenvalue weighted by Crippen LogP contribution is 2.34. The SMILES string of the molecule is CC1(O)CCCN(S(=O)(=O)c2ccc3c(c2)OCCO3)C1. The summed E-state index contributed by atoms with van der Waals surface area (Å²) in [7, 11) is -3.63. The van der Waals surface area contributed by atoms with Gasteiger partial charge in [-0.15, -0.1) is 0 Å². The second-order valence-electron chi connectivity index (χ2n) is 5.74. The minimum absolute atomic E-state index is 0.115. The van der Waals surface area contributed by atoms with Gasteiger partial charge in [0, 0.05) is 19.2 Å². The van der Waals surface area contributed by atoms with Crippen molar-refractivity contribution >= 4 is 10.0 Å². The van der Waals surface area contributed by atoms with Crippen LogP contribution in [-0.2, 0) is 10.0 Å². The van der Waals surface area contributed by atoms with E-state index < -0.39 is 15.6 Å².